The number of aliphatic hydroxyl groups is 2. The first-order chi connectivity index (χ1) is 10.1. The minimum atomic E-state index is -1.18. The summed E-state index contributed by atoms with van der Waals surface area (Å²) in [6.07, 6.45) is 1.20. The molecule has 2 N–H and O–H groups in total. The van der Waals surface area contributed by atoms with E-state index in [2.05, 4.69) is 4.98 Å². The maximum Gasteiger partial charge on any atom is 0.273 e. The fourth-order valence-corrected chi connectivity index (χ4v) is 4.07. The molecule has 0 saturated carbocycles. The predicted octanol–water partition coefficient (Wildman–Crippen LogP) is 1.83. The van der Waals surface area contributed by atoms with Crippen molar-refractivity contribution in [3.63, 3.8) is 0 Å². The van der Waals surface area contributed by atoms with Crippen LogP contribution in [0.1, 0.15) is 23.3 Å². The van der Waals surface area contributed by atoms with Crippen LogP contribution in [0.5, 0.6) is 0 Å². The molecule has 0 aliphatic carbocycles. The topological polar surface area (TPSA) is 73.7 Å². The van der Waals surface area contributed by atoms with Gasteiger partial charge >= 0.3 is 0 Å². The largest absolute Gasteiger partial charge is 0.393 e. The normalized spacial score (nSPS) is 22.5. The van der Waals surface area contributed by atoms with E-state index in [1.54, 1.807) is 21.6 Å². The molecule has 1 amide bonds. The molecule has 2 aromatic rings. The van der Waals surface area contributed by atoms with Gasteiger partial charge in [-0.05, 0) is 24.3 Å². The Labute approximate surface area is 130 Å². The number of carbonyl (C=O) groups excluding carboxylic acids is 1. The summed E-state index contributed by atoms with van der Waals surface area (Å²) in [5, 5.41) is 24.0. The Hall–Kier alpha value is -1.28. The molecule has 0 spiro atoms. The average molecular weight is 324 g/mol. The van der Waals surface area contributed by atoms with Crippen LogP contribution in [0.25, 0.3) is 9.88 Å². The molecule has 1 unspecified atom stereocenters. The third kappa shape index (κ3) is 3.01. The van der Waals surface area contributed by atoms with Gasteiger partial charge in [0.05, 0.1) is 18.0 Å². The molecular formula is C14H16N2O3S2. The van der Waals surface area contributed by atoms with Gasteiger partial charge in [-0.1, -0.05) is 6.07 Å². The van der Waals surface area contributed by atoms with Crippen LogP contribution in [0.2, 0.25) is 0 Å². The zero-order valence-corrected chi connectivity index (χ0v) is 13.0. The third-order valence-electron chi connectivity index (χ3n) is 3.59. The van der Waals surface area contributed by atoms with Crippen molar-refractivity contribution in [2.24, 2.45) is 0 Å². The number of hydrogen-bond donors (Lipinski definition) is 2. The highest BCUT2D eigenvalue weighted by Crippen LogP contribution is 2.29. The molecule has 1 aliphatic heterocycles. The fraction of sp³-hybridized carbons (Fsp3) is 0.429. The quantitative estimate of drug-likeness (QED) is 0.903. The summed E-state index contributed by atoms with van der Waals surface area (Å²) in [7, 11) is 0. The highest BCUT2D eigenvalue weighted by molar-refractivity contribution is 7.20. The van der Waals surface area contributed by atoms with E-state index in [4.69, 9.17) is 0 Å². The van der Waals surface area contributed by atoms with Crippen molar-refractivity contribution in [3.8, 4) is 9.88 Å². The number of piperidine rings is 1. The second-order valence-corrected chi connectivity index (χ2v) is 7.03. The number of amides is 1. The van der Waals surface area contributed by atoms with Gasteiger partial charge in [0.15, 0.2) is 0 Å². The Kier molecular flexibility index (Phi) is 4.08. The number of thiazole rings is 1. The molecule has 1 saturated heterocycles. The molecule has 21 heavy (non-hydrogen) atoms. The summed E-state index contributed by atoms with van der Waals surface area (Å²) in [5.74, 6) is -0.180. The van der Waals surface area contributed by atoms with E-state index in [0.29, 0.717) is 25.1 Å². The number of aromatic nitrogens is 1. The number of likely N-dealkylation sites (tertiary alicyclic amines) is 1. The van der Waals surface area contributed by atoms with Crippen LogP contribution in [0.15, 0.2) is 22.9 Å². The summed E-state index contributed by atoms with van der Waals surface area (Å²) < 4.78 is 0. The summed E-state index contributed by atoms with van der Waals surface area (Å²) >= 11 is 3.04. The number of hydrogen-bond acceptors (Lipinski definition) is 6. The molecule has 0 bridgehead atoms. The Balaban J connectivity index is 1.76. The second-order valence-electron chi connectivity index (χ2n) is 5.23. The van der Waals surface area contributed by atoms with Gasteiger partial charge in [-0.3, -0.25) is 4.79 Å². The molecule has 1 fully saturated rings. The minimum Gasteiger partial charge on any atom is -0.393 e. The SMILES string of the molecule is O=C(c1csc(-c2cccs2)n1)N1CCCC(O)(CO)C1. The van der Waals surface area contributed by atoms with Gasteiger partial charge in [-0.25, -0.2) is 4.98 Å². The molecule has 1 aliphatic rings. The van der Waals surface area contributed by atoms with Gasteiger partial charge in [0.25, 0.3) is 5.91 Å². The van der Waals surface area contributed by atoms with E-state index >= 15 is 0 Å². The molecular weight excluding hydrogens is 308 g/mol. The molecule has 0 radical (unpaired) electrons. The van der Waals surface area contributed by atoms with Crippen LogP contribution in [0.3, 0.4) is 0 Å². The van der Waals surface area contributed by atoms with Gasteiger partial charge in [0.1, 0.15) is 16.3 Å². The molecule has 0 aromatic carbocycles. The first-order valence-electron chi connectivity index (χ1n) is 6.73. The number of carbonyl (C=O) groups is 1. The third-order valence-corrected chi connectivity index (χ3v) is 5.47. The van der Waals surface area contributed by atoms with Crippen molar-refractivity contribution in [2.75, 3.05) is 19.7 Å². The maximum absolute atomic E-state index is 12.5. The predicted molar refractivity (Wildman–Crippen MR) is 82.6 cm³/mol. The number of thiophene rings is 1. The van der Waals surface area contributed by atoms with Crippen LogP contribution in [-0.4, -0.2) is 51.3 Å². The molecule has 1 atom stereocenters. The summed E-state index contributed by atoms with van der Waals surface area (Å²) in [6, 6.07) is 3.93. The zero-order valence-electron chi connectivity index (χ0n) is 11.4. The highest BCUT2D eigenvalue weighted by atomic mass is 32.1. The lowest BCUT2D eigenvalue weighted by molar-refractivity contribution is -0.0599. The van der Waals surface area contributed by atoms with E-state index in [1.165, 1.54) is 11.3 Å². The maximum atomic E-state index is 12.5. The molecule has 7 heteroatoms. The summed E-state index contributed by atoms with van der Waals surface area (Å²) in [4.78, 5) is 19.5. The molecule has 3 heterocycles. The van der Waals surface area contributed by atoms with Crippen molar-refractivity contribution in [3.05, 3.63) is 28.6 Å². The lowest BCUT2D eigenvalue weighted by atomic mass is 9.93. The standard InChI is InChI=1S/C14H16N2O3S2/c17-9-14(19)4-2-5-16(8-14)13(18)10-7-21-12(15-10)11-3-1-6-20-11/h1,3,6-7,17,19H,2,4-5,8-9H2. The Bertz CT molecular complexity index is 626. The minimum absolute atomic E-state index is 0.161. The summed E-state index contributed by atoms with van der Waals surface area (Å²) in [5.41, 5.74) is -0.772. The number of nitrogens with zero attached hydrogens (tertiary/aromatic N) is 2. The monoisotopic (exact) mass is 324 g/mol. The van der Waals surface area contributed by atoms with Crippen LogP contribution in [0.4, 0.5) is 0 Å². The van der Waals surface area contributed by atoms with Gasteiger partial charge in [0, 0.05) is 11.9 Å². The lowest BCUT2D eigenvalue weighted by Crippen LogP contribution is -2.52. The molecule has 112 valence electrons. The van der Waals surface area contributed by atoms with Crippen molar-refractivity contribution < 1.29 is 15.0 Å². The van der Waals surface area contributed by atoms with Crippen molar-refractivity contribution in [1.82, 2.24) is 9.88 Å². The van der Waals surface area contributed by atoms with Crippen LogP contribution >= 0.6 is 22.7 Å². The first kappa shape index (κ1) is 14.6. The molecule has 3 rings (SSSR count). The van der Waals surface area contributed by atoms with E-state index < -0.39 is 5.60 Å². The number of aliphatic hydroxyl groups excluding tert-OH is 1. The Morgan fingerprint density at radius 1 is 1.48 bits per heavy atom. The summed E-state index contributed by atoms with van der Waals surface area (Å²) in [6.45, 7) is 0.426. The molecule has 2 aromatic heterocycles. The van der Waals surface area contributed by atoms with E-state index in [1.807, 2.05) is 17.5 Å². The van der Waals surface area contributed by atoms with Crippen LogP contribution < -0.4 is 0 Å². The van der Waals surface area contributed by atoms with Crippen molar-refractivity contribution in [2.45, 2.75) is 18.4 Å². The Morgan fingerprint density at radius 2 is 2.33 bits per heavy atom. The van der Waals surface area contributed by atoms with Gasteiger partial charge in [-0.2, -0.15) is 0 Å². The number of rotatable bonds is 3. The number of β-amino-alcohol motifs (C(OH)–C–C–N with tert-alkyl or cyclic N) is 1. The van der Waals surface area contributed by atoms with Crippen molar-refractivity contribution in [1.29, 1.82) is 0 Å². The van der Waals surface area contributed by atoms with E-state index in [-0.39, 0.29) is 19.1 Å². The van der Waals surface area contributed by atoms with Crippen molar-refractivity contribution >= 4 is 28.6 Å². The van der Waals surface area contributed by atoms with E-state index in [9.17, 15) is 15.0 Å². The second kappa shape index (κ2) is 5.84. The van der Waals surface area contributed by atoms with Gasteiger partial charge < -0.3 is 15.1 Å². The first-order valence-corrected chi connectivity index (χ1v) is 8.49. The lowest BCUT2D eigenvalue weighted by Gasteiger charge is -2.37. The van der Waals surface area contributed by atoms with Gasteiger partial charge in [0.2, 0.25) is 0 Å². The fourth-order valence-electron chi connectivity index (χ4n) is 2.46. The van der Waals surface area contributed by atoms with Crippen LogP contribution in [0, 0.1) is 0 Å². The van der Waals surface area contributed by atoms with Gasteiger partial charge in [-0.15, -0.1) is 22.7 Å². The average Bonchev–Trinajstić information content (AvgIpc) is 3.17. The zero-order chi connectivity index (χ0) is 14.9. The van der Waals surface area contributed by atoms with E-state index in [0.717, 1.165) is 9.88 Å². The molecule has 5 nitrogen and oxygen atoms in total. The van der Waals surface area contributed by atoms with Crippen LogP contribution in [-0.2, 0) is 0 Å². The smallest absolute Gasteiger partial charge is 0.273 e. The highest BCUT2D eigenvalue weighted by Gasteiger charge is 2.35. The Morgan fingerprint density at radius 3 is 3.05 bits per heavy atom.